The number of carbonyl (C=O) groups excluding carboxylic acids is 1. The van der Waals surface area contributed by atoms with Crippen molar-refractivity contribution < 1.29 is 14.3 Å². The van der Waals surface area contributed by atoms with Crippen LogP contribution < -0.4 is 10.1 Å². The largest absolute Gasteiger partial charge is 0.478 e. The zero-order valence-electron chi connectivity index (χ0n) is 8.24. The molecule has 0 bridgehead atoms. The first kappa shape index (κ1) is 10.5. The summed E-state index contributed by atoms with van der Waals surface area (Å²) in [6.45, 7) is 0.407. The highest BCUT2D eigenvalue weighted by molar-refractivity contribution is 5.89. The molecule has 0 aromatic heterocycles. The van der Waals surface area contributed by atoms with Crippen molar-refractivity contribution in [1.82, 2.24) is 5.32 Å². The van der Waals surface area contributed by atoms with Crippen LogP contribution in [0.4, 0.5) is 0 Å². The van der Waals surface area contributed by atoms with Gasteiger partial charge in [-0.25, -0.2) is 4.79 Å². The monoisotopic (exact) mass is 195 g/mol. The number of hydrogen-bond acceptors (Lipinski definition) is 4. The van der Waals surface area contributed by atoms with Crippen LogP contribution in [-0.4, -0.2) is 26.9 Å². The number of benzene rings is 1. The number of ether oxygens (including phenoxy) is 2. The second-order valence-corrected chi connectivity index (χ2v) is 2.66. The Morgan fingerprint density at radius 3 is 2.93 bits per heavy atom. The SMILES string of the molecule is CNCOc1cccc(C(=O)OC)c1. The molecule has 1 rings (SSSR count). The van der Waals surface area contributed by atoms with E-state index in [4.69, 9.17) is 4.74 Å². The zero-order chi connectivity index (χ0) is 10.4. The molecule has 0 heterocycles. The van der Waals surface area contributed by atoms with Gasteiger partial charge in [-0.2, -0.15) is 0 Å². The summed E-state index contributed by atoms with van der Waals surface area (Å²) in [5.74, 6) is 0.280. The lowest BCUT2D eigenvalue weighted by Gasteiger charge is -2.05. The third kappa shape index (κ3) is 2.74. The molecule has 0 aliphatic heterocycles. The molecule has 4 nitrogen and oxygen atoms in total. The topological polar surface area (TPSA) is 47.6 Å². The van der Waals surface area contributed by atoms with Gasteiger partial charge >= 0.3 is 5.97 Å². The molecule has 0 spiro atoms. The number of methoxy groups -OCH3 is 1. The molecule has 1 aromatic carbocycles. The molecular weight excluding hydrogens is 182 g/mol. The number of nitrogens with one attached hydrogen (secondary N) is 1. The summed E-state index contributed by atoms with van der Waals surface area (Å²) >= 11 is 0. The van der Waals surface area contributed by atoms with Gasteiger partial charge in [0.2, 0.25) is 0 Å². The zero-order valence-corrected chi connectivity index (χ0v) is 8.24. The van der Waals surface area contributed by atoms with Gasteiger partial charge in [0.05, 0.1) is 12.7 Å². The van der Waals surface area contributed by atoms with Crippen LogP contribution in [0.25, 0.3) is 0 Å². The van der Waals surface area contributed by atoms with E-state index in [9.17, 15) is 4.79 Å². The average molecular weight is 195 g/mol. The van der Waals surface area contributed by atoms with E-state index >= 15 is 0 Å². The maximum atomic E-state index is 11.1. The number of esters is 1. The van der Waals surface area contributed by atoms with E-state index < -0.39 is 0 Å². The second-order valence-electron chi connectivity index (χ2n) is 2.66. The number of carbonyl (C=O) groups is 1. The number of rotatable bonds is 4. The van der Waals surface area contributed by atoms with E-state index in [-0.39, 0.29) is 5.97 Å². The Balaban J connectivity index is 2.73. The molecular formula is C10H13NO3. The fourth-order valence-electron chi connectivity index (χ4n) is 0.986. The molecule has 0 atom stereocenters. The molecule has 0 amide bonds. The first-order valence-corrected chi connectivity index (χ1v) is 4.23. The molecule has 0 saturated heterocycles. The number of hydrogen-bond donors (Lipinski definition) is 1. The van der Waals surface area contributed by atoms with Gasteiger partial charge in [-0.05, 0) is 25.2 Å². The Hall–Kier alpha value is -1.55. The third-order valence-electron chi connectivity index (χ3n) is 1.64. The van der Waals surface area contributed by atoms with Crippen molar-refractivity contribution in [1.29, 1.82) is 0 Å². The third-order valence-corrected chi connectivity index (χ3v) is 1.64. The Labute approximate surface area is 82.8 Å². The summed E-state index contributed by atoms with van der Waals surface area (Å²) in [5.41, 5.74) is 0.487. The van der Waals surface area contributed by atoms with Gasteiger partial charge in [-0.15, -0.1) is 0 Å². The predicted molar refractivity (Wildman–Crippen MR) is 52.3 cm³/mol. The molecule has 0 aliphatic carbocycles. The molecule has 0 saturated carbocycles. The molecule has 4 heteroatoms. The predicted octanol–water partition coefficient (Wildman–Crippen LogP) is 1.03. The standard InChI is InChI=1S/C10H13NO3/c1-11-7-14-9-5-3-4-8(6-9)10(12)13-2/h3-6,11H,7H2,1-2H3. The molecule has 1 N–H and O–H groups in total. The highest BCUT2D eigenvalue weighted by Crippen LogP contribution is 2.13. The normalized spacial score (nSPS) is 9.57. The van der Waals surface area contributed by atoms with E-state index in [1.54, 1.807) is 31.3 Å². The maximum absolute atomic E-state index is 11.1. The van der Waals surface area contributed by atoms with Crippen LogP contribution in [0.2, 0.25) is 0 Å². The van der Waals surface area contributed by atoms with Gasteiger partial charge in [0.1, 0.15) is 12.5 Å². The lowest BCUT2D eigenvalue weighted by atomic mass is 10.2. The summed E-state index contributed by atoms with van der Waals surface area (Å²) in [5, 5.41) is 2.84. The molecule has 0 radical (unpaired) electrons. The Morgan fingerprint density at radius 1 is 1.50 bits per heavy atom. The van der Waals surface area contributed by atoms with Gasteiger partial charge in [0.15, 0.2) is 0 Å². The van der Waals surface area contributed by atoms with Crippen LogP contribution in [-0.2, 0) is 4.74 Å². The van der Waals surface area contributed by atoms with Crippen molar-refractivity contribution >= 4 is 5.97 Å². The highest BCUT2D eigenvalue weighted by atomic mass is 16.5. The first-order valence-electron chi connectivity index (χ1n) is 4.23. The van der Waals surface area contributed by atoms with Gasteiger partial charge < -0.3 is 9.47 Å². The van der Waals surface area contributed by atoms with E-state index in [2.05, 4.69) is 10.1 Å². The van der Waals surface area contributed by atoms with Crippen LogP contribution in [0.1, 0.15) is 10.4 Å². The smallest absolute Gasteiger partial charge is 0.337 e. The van der Waals surface area contributed by atoms with E-state index in [0.29, 0.717) is 18.0 Å². The van der Waals surface area contributed by atoms with Crippen molar-refractivity contribution in [3.8, 4) is 5.75 Å². The van der Waals surface area contributed by atoms with Crippen LogP contribution in [0.5, 0.6) is 5.75 Å². The minimum absolute atomic E-state index is 0.361. The van der Waals surface area contributed by atoms with Crippen molar-refractivity contribution in [3.63, 3.8) is 0 Å². The van der Waals surface area contributed by atoms with Crippen molar-refractivity contribution in [3.05, 3.63) is 29.8 Å². The summed E-state index contributed by atoms with van der Waals surface area (Å²) in [7, 11) is 3.13. The Bertz CT molecular complexity index is 312. The molecule has 0 fully saturated rings. The summed E-state index contributed by atoms with van der Waals surface area (Å²) in [4.78, 5) is 11.1. The summed E-state index contributed by atoms with van der Waals surface area (Å²) in [6.07, 6.45) is 0. The molecule has 0 aliphatic rings. The van der Waals surface area contributed by atoms with Gasteiger partial charge in [0, 0.05) is 0 Å². The molecule has 0 unspecified atom stereocenters. The molecule has 76 valence electrons. The van der Waals surface area contributed by atoms with Crippen LogP contribution >= 0.6 is 0 Å². The van der Waals surface area contributed by atoms with Gasteiger partial charge in [-0.3, -0.25) is 5.32 Å². The van der Waals surface area contributed by atoms with Gasteiger partial charge in [-0.1, -0.05) is 6.07 Å². The Kier molecular flexibility index (Phi) is 3.94. The van der Waals surface area contributed by atoms with Gasteiger partial charge in [0.25, 0.3) is 0 Å². The summed E-state index contributed by atoms with van der Waals surface area (Å²) < 4.78 is 9.86. The second kappa shape index (κ2) is 5.24. The van der Waals surface area contributed by atoms with E-state index in [1.165, 1.54) is 7.11 Å². The van der Waals surface area contributed by atoms with Crippen molar-refractivity contribution in [2.45, 2.75) is 0 Å². The highest BCUT2D eigenvalue weighted by Gasteiger charge is 2.05. The lowest BCUT2D eigenvalue weighted by molar-refractivity contribution is 0.0600. The van der Waals surface area contributed by atoms with E-state index in [0.717, 1.165) is 0 Å². The maximum Gasteiger partial charge on any atom is 0.337 e. The quantitative estimate of drug-likeness (QED) is 0.575. The molecule has 1 aromatic rings. The molecule has 14 heavy (non-hydrogen) atoms. The Morgan fingerprint density at radius 2 is 2.29 bits per heavy atom. The summed E-state index contributed by atoms with van der Waals surface area (Å²) in [6, 6.07) is 6.85. The minimum atomic E-state index is -0.361. The van der Waals surface area contributed by atoms with Crippen LogP contribution in [0, 0.1) is 0 Å². The fraction of sp³-hybridized carbons (Fsp3) is 0.300. The average Bonchev–Trinajstić information content (AvgIpc) is 2.25. The lowest BCUT2D eigenvalue weighted by Crippen LogP contribution is -2.14. The van der Waals surface area contributed by atoms with Crippen molar-refractivity contribution in [2.24, 2.45) is 0 Å². The van der Waals surface area contributed by atoms with Crippen LogP contribution in [0.15, 0.2) is 24.3 Å². The first-order chi connectivity index (χ1) is 6.77. The van der Waals surface area contributed by atoms with Crippen LogP contribution in [0.3, 0.4) is 0 Å². The van der Waals surface area contributed by atoms with Crippen molar-refractivity contribution in [2.75, 3.05) is 20.9 Å². The fourth-order valence-corrected chi connectivity index (χ4v) is 0.986. The minimum Gasteiger partial charge on any atom is -0.478 e. The van der Waals surface area contributed by atoms with E-state index in [1.807, 2.05) is 0 Å².